The fourth-order valence-corrected chi connectivity index (χ4v) is 3.17. The number of aryl methyl sites for hydroxylation is 2. The molecule has 2 heteroatoms. The molecule has 0 spiro atoms. The van der Waals surface area contributed by atoms with Crippen molar-refractivity contribution < 1.29 is 10.2 Å². The first-order chi connectivity index (χ1) is 11.1. The summed E-state index contributed by atoms with van der Waals surface area (Å²) in [6.45, 7) is 4.00. The molecule has 3 aromatic rings. The van der Waals surface area contributed by atoms with E-state index in [0.717, 1.165) is 27.8 Å². The molecule has 0 saturated carbocycles. The van der Waals surface area contributed by atoms with Crippen molar-refractivity contribution in [3.8, 4) is 11.5 Å². The lowest BCUT2D eigenvalue weighted by molar-refractivity contribution is 0.466. The lowest BCUT2D eigenvalue weighted by atomic mass is 9.81. The topological polar surface area (TPSA) is 40.5 Å². The summed E-state index contributed by atoms with van der Waals surface area (Å²) in [6.07, 6.45) is 0. The third-order valence-corrected chi connectivity index (χ3v) is 4.29. The number of hydrogen-bond acceptors (Lipinski definition) is 2. The number of phenols is 2. The maximum Gasteiger partial charge on any atom is 0.119 e. The van der Waals surface area contributed by atoms with Gasteiger partial charge in [-0.1, -0.05) is 48.5 Å². The Kier molecular flexibility index (Phi) is 4.07. The van der Waals surface area contributed by atoms with E-state index < -0.39 is 0 Å². The molecule has 0 saturated heterocycles. The maximum atomic E-state index is 10.5. The van der Waals surface area contributed by atoms with Gasteiger partial charge < -0.3 is 10.2 Å². The first kappa shape index (κ1) is 15.2. The normalized spacial score (nSPS) is 12.1. The Labute approximate surface area is 136 Å². The van der Waals surface area contributed by atoms with Gasteiger partial charge in [0.25, 0.3) is 0 Å². The Morgan fingerprint density at radius 2 is 1.48 bits per heavy atom. The van der Waals surface area contributed by atoms with E-state index in [9.17, 15) is 10.2 Å². The number of phenolic OH excluding ortho intramolecular Hbond substituents is 2. The van der Waals surface area contributed by atoms with E-state index in [1.165, 1.54) is 0 Å². The fourth-order valence-electron chi connectivity index (χ4n) is 3.17. The lowest BCUT2D eigenvalue weighted by Gasteiger charge is -2.23. The van der Waals surface area contributed by atoms with Crippen LogP contribution in [0, 0.1) is 13.8 Å². The summed E-state index contributed by atoms with van der Waals surface area (Å²) in [4.78, 5) is 0. The third kappa shape index (κ3) is 2.93. The predicted octanol–water partition coefficient (Wildman–Crippen LogP) is 4.89. The smallest absolute Gasteiger partial charge is 0.119 e. The SMILES string of the molecule is Cc1cc(O)ccc1C(c1ccccc1)c1c(C)cccc1O. The minimum atomic E-state index is -0.0713. The van der Waals surface area contributed by atoms with Crippen molar-refractivity contribution in [3.63, 3.8) is 0 Å². The molecule has 0 aromatic heterocycles. The quantitative estimate of drug-likeness (QED) is 0.676. The van der Waals surface area contributed by atoms with Crippen LogP contribution in [0.2, 0.25) is 0 Å². The van der Waals surface area contributed by atoms with Crippen LogP contribution >= 0.6 is 0 Å². The van der Waals surface area contributed by atoms with E-state index in [0.29, 0.717) is 5.75 Å². The van der Waals surface area contributed by atoms with Gasteiger partial charge in [-0.2, -0.15) is 0 Å². The Morgan fingerprint density at radius 3 is 2.13 bits per heavy atom. The van der Waals surface area contributed by atoms with E-state index in [2.05, 4.69) is 12.1 Å². The molecule has 1 atom stereocenters. The molecule has 3 rings (SSSR count). The Hall–Kier alpha value is -2.74. The molecular formula is C21H20O2. The molecule has 2 nitrogen and oxygen atoms in total. The highest BCUT2D eigenvalue weighted by molar-refractivity contribution is 5.54. The molecule has 23 heavy (non-hydrogen) atoms. The van der Waals surface area contributed by atoms with Gasteiger partial charge >= 0.3 is 0 Å². The minimum absolute atomic E-state index is 0.0713. The zero-order valence-electron chi connectivity index (χ0n) is 13.3. The van der Waals surface area contributed by atoms with Gasteiger partial charge in [-0.3, -0.25) is 0 Å². The molecule has 3 aromatic carbocycles. The van der Waals surface area contributed by atoms with Crippen LogP contribution in [0.5, 0.6) is 11.5 Å². The van der Waals surface area contributed by atoms with Crippen molar-refractivity contribution >= 4 is 0 Å². The summed E-state index contributed by atoms with van der Waals surface area (Å²) in [6, 6.07) is 21.2. The van der Waals surface area contributed by atoms with Gasteiger partial charge in [0, 0.05) is 11.5 Å². The number of rotatable bonds is 3. The average molecular weight is 304 g/mol. The van der Waals surface area contributed by atoms with Crippen molar-refractivity contribution in [2.24, 2.45) is 0 Å². The van der Waals surface area contributed by atoms with E-state index in [4.69, 9.17) is 0 Å². The highest BCUT2D eigenvalue weighted by Gasteiger charge is 2.23. The van der Waals surface area contributed by atoms with Crippen LogP contribution in [0.25, 0.3) is 0 Å². The monoisotopic (exact) mass is 304 g/mol. The summed E-state index contributed by atoms with van der Waals surface area (Å²) < 4.78 is 0. The number of aromatic hydroxyl groups is 2. The Morgan fingerprint density at radius 1 is 0.739 bits per heavy atom. The molecule has 0 bridgehead atoms. The maximum absolute atomic E-state index is 10.5. The molecule has 0 amide bonds. The van der Waals surface area contributed by atoms with E-state index >= 15 is 0 Å². The van der Waals surface area contributed by atoms with Crippen molar-refractivity contribution in [2.45, 2.75) is 19.8 Å². The van der Waals surface area contributed by atoms with Gasteiger partial charge in [-0.05, 0) is 54.3 Å². The Balaban J connectivity index is 2.27. The summed E-state index contributed by atoms with van der Waals surface area (Å²) in [5, 5.41) is 20.2. The average Bonchev–Trinajstić information content (AvgIpc) is 2.53. The second kappa shape index (κ2) is 6.17. The third-order valence-electron chi connectivity index (χ3n) is 4.29. The molecule has 0 fully saturated rings. The van der Waals surface area contributed by atoms with Crippen molar-refractivity contribution in [1.82, 2.24) is 0 Å². The highest BCUT2D eigenvalue weighted by Crippen LogP contribution is 2.40. The first-order valence-corrected chi connectivity index (χ1v) is 7.71. The molecule has 2 N–H and O–H groups in total. The fraction of sp³-hybridized carbons (Fsp3) is 0.143. The lowest BCUT2D eigenvalue weighted by Crippen LogP contribution is -2.07. The largest absolute Gasteiger partial charge is 0.508 e. The minimum Gasteiger partial charge on any atom is -0.508 e. The molecule has 1 unspecified atom stereocenters. The van der Waals surface area contributed by atoms with Crippen LogP contribution in [0.4, 0.5) is 0 Å². The second-order valence-corrected chi connectivity index (χ2v) is 5.89. The van der Waals surface area contributed by atoms with Crippen molar-refractivity contribution in [3.05, 3.63) is 94.5 Å². The van der Waals surface area contributed by atoms with E-state index in [1.54, 1.807) is 18.2 Å². The molecule has 0 aliphatic heterocycles. The standard InChI is InChI=1S/C21H20O2/c1-14-7-6-10-19(23)20(14)21(16-8-4-3-5-9-16)18-12-11-17(22)13-15(18)2/h3-13,21-23H,1-2H3. The van der Waals surface area contributed by atoms with Gasteiger partial charge in [0.1, 0.15) is 11.5 Å². The summed E-state index contributed by atoms with van der Waals surface area (Å²) in [5.41, 5.74) is 5.16. The first-order valence-electron chi connectivity index (χ1n) is 7.71. The molecule has 0 heterocycles. The van der Waals surface area contributed by atoms with Crippen LogP contribution < -0.4 is 0 Å². The van der Waals surface area contributed by atoms with Crippen molar-refractivity contribution in [1.29, 1.82) is 0 Å². The van der Waals surface area contributed by atoms with Gasteiger partial charge in [-0.15, -0.1) is 0 Å². The van der Waals surface area contributed by atoms with Gasteiger partial charge in [0.05, 0.1) is 0 Å². The molecule has 0 aliphatic carbocycles. The van der Waals surface area contributed by atoms with Crippen LogP contribution in [0.1, 0.15) is 33.7 Å². The van der Waals surface area contributed by atoms with Crippen LogP contribution in [0.15, 0.2) is 66.7 Å². The number of hydrogen-bond donors (Lipinski definition) is 2. The number of benzene rings is 3. The summed E-state index contributed by atoms with van der Waals surface area (Å²) in [5.74, 6) is 0.483. The molecule has 0 aliphatic rings. The van der Waals surface area contributed by atoms with E-state index in [1.807, 2.05) is 50.2 Å². The van der Waals surface area contributed by atoms with Gasteiger partial charge in [0.15, 0.2) is 0 Å². The van der Waals surface area contributed by atoms with Crippen LogP contribution in [-0.4, -0.2) is 10.2 Å². The molecular weight excluding hydrogens is 284 g/mol. The van der Waals surface area contributed by atoms with Gasteiger partial charge in [0.2, 0.25) is 0 Å². The molecule has 0 radical (unpaired) electrons. The Bertz CT molecular complexity index is 802. The predicted molar refractivity (Wildman–Crippen MR) is 93.1 cm³/mol. The molecule has 116 valence electrons. The van der Waals surface area contributed by atoms with E-state index in [-0.39, 0.29) is 11.7 Å². The zero-order valence-corrected chi connectivity index (χ0v) is 13.3. The van der Waals surface area contributed by atoms with Crippen LogP contribution in [-0.2, 0) is 0 Å². The summed E-state index contributed by atoms with van der Waals surface area (Å²) >= 11 is 0. The van der Waals surface area contributed by atoms with Gasteiger partial charge in [-0.25, -0.2) is 0 Å². The van der Waals surface area contributed by atoms with Crippen molar-refractivity contribution in [2.75, 3.05) is 0 Å². The highest BCUT2D eigenvalue weighted by atomic mass is 16.3. The summed E-state index contributed by atoms with van der Waals surface area (Å²) in [7, 11) is 0. The second-order valence-electron chi connectivity index (χ2n) is 5.89. The van der Waals surface area contributed by atoms with Crippen LogP contribution in [0.3, 0.4) is 0 Å². The zero-order chi connectivity index (χ0) is 16.4.